The summed E-state index contributed by atoms with van der Waals surface area (Å²) in [6.45, 7) is 7.42. The number of nitriles is 1. The van der Waals surface area contributed by atoms with E-state index in [4.69, 9.17) is 21.7 Å². The minimum atomic E-state index is -0.384. The highest BCUT2D eigenvalue weighted by Gasteiger charge is 2.34. The fourth-order valence-electron chi connectivity index (χ4n) is 5.26. The molecule has 0 radical (unpaired) electrons. The quantitative estimate of drug-likeness (QED) is 0.239. The molecular formula is C30H34N4O5S2. The molecule has 0 aliphatic carbocycles. The van der Waals surface area contributed by atoms with Crippen LogP contribution >= 0.6 is 24.0 Å². The molecule has 1 amide bonds. The van der Waals surface area contributed by atoms with Crippen LogP contribution in [0.5, 0.6) is 5.75 Å². The number of amides is 1. The lowest BCUT2D eigenvalue weighted by molar-refractivity contribution is -0.148. The number of benzene rings is 1. The summed E-state index contributed by atoms with van der Waals surface area (Å²) in [7, 11) is 1.62. The predicted molar refractivity (Wildman–Crippen MR) is 164 cm³/mol. The zero-order valence-corrected chi connectivity index (χ0v) is 25.4. The van der Waals surface area contributed by atoms with Gasteiger partial charge in [0.25, 0.3) is 11.5 Å². The van der Waals surface area contributed by atoms with E-state index < -0.39 is 0 Å². The Kier molecular flexibility index (Phi) is 9.89. The first-order chi connectivity index (χ1) is 19.7. The van der Waals surface area contributed by atoms with Gasteiger partial charge >= 0.3 is 5.97 Å². The second kappa shape index (κ2) is 13.4. The van der Waals surface area contributed by atoms with Crippen molar-refractivity contribution < 1.29 is 19.1 Å². The topological polar surface area (TPSA) is 105 Å². The van der Waals surface area contributed by atoms with Crippen molar-refractivity contribution in [2.45, 2.75) is 46.6 Å². The fraction of sp³-hybridized carbons (Fsp3) is 0.433. The number of pyridine rings is 1. The van der Waals surface area contributed by atoms with E-state index in [1.54, 1.807) is 36.5 Å². The number of ether oxygens (including phenoxy) is 2. The lowest BCUT2D eigenvalue weighted by atomic mass is 9.96. The van der Waals surface area contributed by atoms with E-state index >= 15 is 0 Å². The summed E-state index contributed by atoms with van der Waals surface area (Å²) >= 11 is 6.79. The number of nitrogens with zero attached hydrogens (tertiary/aromatic N) is 4. The molecule has 3 heterocycles. The molecular weight excluding hydrogens is 560 g/mol. The summed E-state index contributed by atoms with van der Waals surface area (Å²) in [4.78, 5) is 43.5. The number of aromatic nitrogens is 1. The molecule has 2 aliphatic heterocycles. The molecule has 1 unspecified atom stereocenters. The third kappa shape index (κ3) is 6.34. The lowest BCUT2D eigenvalue weighted by Gasteiger charge is -2.36. The Hall–Kier alpha value is -3.62. The van der Waals surface area contributed by atoms with Crippen LogP contribution in [-0.2, 0) is 27.3 Å². The zero-order chi connectivity index (χ0) is 29.7. The molecule has 0 bridgehead atoms. The number of methoxy groups -OCH3 is 1. The van der Waals surface area contributed by atoms with Crippen LogP contribution in [0.25, 0.3) is 6.08 Å². The van der Waals surface area contributed by atoms with Crippen molar-refractivity contribution in [2.24, 2.45) is 5.92 Å². The third-order valence-corrected chi connectivity index (χ3v) is 8.81. The van der Waals surface area contributed by atoms with Crippen molar-refractivity contribution in [3.8, 4) is 11.8 Å². The van der Waals surface area contributed by atoms with Crippen molar-refractivity contribution in [3.05, 3.63) is 61.8 Å². The molecule has 2 aromatic rings. The van der Waals surface area contributed by atoms with Crippen LogP contribution in [0.2, 0.25) is 0 Å². The molecule has 2 aliphatic rings. The number of anilines is 1. The van der Waals surface area contributed by atoms with Gasteiger partial charge in [0.2, 0.25) is 0 Å². The molecule has 216 valence electrons. The molecule has 0 spiro atoms. The summed E-state index contributed by atoms with van der Waals surface area (Å²) in [5.74, 6) is 0.568. The number of hydrogen-bond acceptors (Lipinski definition) is 9. The normalized spacial score (nSPS) is 18.1. The zero-order valence-electron chi connectivity index (χ0n) is 23.8. The number of thioether (sulfide) groups is 1. The number of carbonyl (C=O) groups is 2. The van der Waals surface area contributed by atoms with Gasteiger partial charge in [-0.3, -0.25) is 23.9 Å². The summed E-state index contributed by atoms with van der Waals surface area (Å²) in [5, 5.41) is 9.86. The molecule has 1 aromatic heterocycles. The van der Waals surface area contributed by atoms with Crippen LogP contribution < -0.4 is 15.2 Å². The highest BCUT2D eigenvalue weighted by atomic mass is 32.2. The Bertz CT molecular complexity index is 1480. The fourth-order valence-corrected chi connectivity index (χ4v) is 6.55. The van der Waals surface area contributed by atoms with Crippen molar-refractivity contribution in [2.75, 3.05) is 38.3 Å². The summed E-state index contributed by atoms with van der Waals surface area (Å²) in [5.41, 5.74) is 1.82. The first-order valence-corrected chi connectivity index (χ1v) is 14.9. The Balaban J connectivity index is 1.70. The number of esters is 1. The first-order valence-electron chi connectivity index (χ1n) is 13.7. The average molecular weight is 595 g/mol. The van der Waals surface area contributed by atoms with Gasteiger partial charge in [-0.05, 0) is 69.4 Å². The van der Waals surface area contributed by atoms with Gasteiger partial charge in [0.1, 0.15) is 27.5 Å². The van der Waals surface area contributed by atoms with Crippen LogP contribution in [0.3, 0.4) is 0 Å². The molecule has 0 N–H and O–H groups in total. The molecule has 2 fully saturated rings. The van der Waals surface area contributed by atoms with Gasteiger partial charge in [0.05, 0.1) is 24.5 Å². The summed E-state index contributed by atoms with van der Waals surface area (Å²) in [6, 6.07) is 9.74. The van der Waals surface area contributed by atoms with Crippen LogP contribution in [0, 0.1) is 24.2 Å². The highest BCUT2D eigenvalue weighted by Crippen LogP contribution is 2.37. The number of carbonyl (C=O) groups excluding carboxylic acids is 2. The van der Waals surface area contributed by atoms with Gasteiger partial charge in [0, 0.05) is 31.7 Å². The van der Waals surface area contributed by atoms with Gasteiger partial charge < -0.3 is 14.4 Å². The Labute approximate surface area is 249 Å². The monoisotopic (exact) mass is 594 g/mol. The van der Waals surface area contributed by atoms with Crippen LogP contribution in [-0.4, -0.2) is 59.0 Å². The molecule has 11 heteroatoms. The molecule has 0 saturated carbocycles. The first kappa shape index (κ1) is 30.3. The van der Waals surface area contributed by atoms with E-state index in [1.807, 2.05) is 36.1 Å². The predicted octanol–water partition coefficient (Wildman–Crippen LogP) is 4.28. The maximum atomic E-state index is 13.6. The van der Waals surface area contributed by atoms with Gasteiger partial charge in [0.15, 0.2) is 0 Å². The van der Waals surface area contributed by atoms with E-state index in [1.165, 1.54) is 11.8 Å². The van der Waals surface area contributed by atoms with Crippen molar-refractivity contribution >= 4 is 52.1 Å². The second-order valence-electron chi connectivity index (χ2n) is 9.87. The van der Waals surface area contributed by atoms with Crippen LogP contribution in [0.15, 0.2) is 34.0 Å². The molecule has 41 heavy (non-hydrogen) atoms. The van der Waals surface area contributed by atoms with Crippen LogP contribution in [0.4, 0.5) is 5.82 Å². The number of rotatable bonds is 9. The highest BCUT2D eigenvalue weighted by molar-refractivity contribution is 8.26. The smallest absolute Gasteiger partial charge is 0.310 e. The molecule has 9 nitrogen and oxygen atoms in total. The summed E-state index contributed by atoms with van der Waals surface area (Å²) < 4.78 is 12.5. The Morgan fingerprint density at radius 1 is 1.24 bits per heavy atom. The largest absolute Gasteiger partial charge is 0.497 e. The van der Waals surface area contributed by atoms with Gasteiger partial charge in [-0.15, -0.1) is 0 Å². The Morgan fingerprint density at radius 2 is 1.98 bits per heavy atom. The van der Waals surface area contributed by atoms with Gasteiger partial charge in [-0.1, -0.05) is 36.1 Å². The molecule has 4 rings (SSSR count). The van der Waals surface area contributed by atoms with Gasteiger partial charge in [-0.25, -0.2) is 0 Å². The lowest BCUT2D eigenvalue weighted by Crippen LogP contribution is -2.43. The van der Waals surface area contributed by atoms with Gasteiger partial charge in [-0.2, -0.15) is 5.26 Å². The molecule has 1 aromatic carbocycles. The maximum absolute atomic E-state index is 13.6. The van der Waals surface area contributed by atoms with Crippen molar-refractivity contribution in [3.63, 3.8) is 0 Å². The standard InChI is InChI=1S/C30H34N4O5S2/c1-5-33-26(32-14-7-8-21(18-32)29(37)39-6-2)23(19(3)24(17-31)27(33)35)16-25-28(36)34(30(40)41-25)15-13-20-9-11-22(38-4)12-10-20/h9-12,16,21H,5-8,13-15,18H2,1-4H3. The minimum Gasteiger partial charge on any atom is -0.497 e. The number of thiocarbonyl (C=S) groups is 1. The third-order valence-electron chi connectivity index (χ3n) is 7.44. The van der Waals surface area contributed by atoms with Crippen molar-refractivity contribution in [1.82, 2.24) is 9.47 Å². The minimum absolute atomic E-state index is 0.0378. The van der Waals surface area contributed by atoms with Crippen molar-refractivity contribution in [1.29, 1.82) is 5.26 Å². The van der Waals surface area contributed by atoms with E-state index in [2.05, 4.69) is 6.07 Å². The van der Waals surface area contributed by atoms with E-state index in [9.17, 15) is 19.6 Å². The SMILES string of the molecule is CCOC(=O)C1CCCN(c2c(C=C3SC(=S)N(CCc4ccc(OC)cc4)C3=O)c(C)c(C#N)c(=O)n2CC)C1. The van der Waals surface area contributed by atoms with E-state index in [0.717, 1.165) is 17.7 Å². The van der Waals surface area contributed by atoms with Crippen LogP contribution in [0.1, 0.15) is 48.9 Å². The molecule has 1 atom stereocenters. The number of hydrogen-bond donors (Lipinski definition) is 0. The maximum Gasteiger partial charge on any atom is 0.310 e. The second-order valence-corrected chi connectivity index (χ2v) is 11.5. The molecule has 2 saturated heterocycles. The average Bonchev–Trinajstić information content (AvgIpc) is 3.25. The number of piperidine rings is 1. The van der Waals surface area contributed by atoms with E-state index in [-0.39, 0.29) is 28.9 Å². The Morgan fingerprint density at radius 3 is 2.61 bits per heavy atom. The summed E-state index contributed by atoms with van der Waals surface area (Å²) in [6.07, 6.45) is 3.81. The van der Waals surface area contributed by atoms with E-state index in [0.29, 0.717) is 71.8 Å².